The van der Waals surface area contributed by atoms with Crippen molar-refractivity contribution >= 4 is 19.7 Å². The zero-order chi connectivity index (χ0) is 26.5. The minimum absolute atomic E-state index is 0.146. The Morgan fingerprint density at radius 2 is 1.94 bits per heavy atom. The fourth-order valence-corrected chi connectivity index (χ4v) is 5.59. The molecule has 8 nitrogen and oxygen atoms in total. The molecule has 0 radical (unpaired) electrons. The van der Waals surface area contributed by atoms with Gasteiger partial charge in [0.1, 0.15) is 12.3 Å². The number of carbonyl (C=O) groups excluding carboxylic acids is 1. The van der Waals surface area contributed by atoms with Crippen molar-refractivity contribution < 1.29 is 32.2 Å². The first-order chi connectivity index (χ1) is 16.9. The number of methoxy groups -OCH3 is 1. The molecular formula is C24H38F3N3O5Si. The number of aromatic nitrogens is 2. The molecule has 1 aromatic rings. The molecule has 1 aromatic heterocycles. The number of hydrogen-bond donors (Lipinski definition) is 0. The minimum Gasteiger partial charge on any atom is -0.469 e. The fraction of sp³-hybridized carbons (Fsp3) is 0.792. The predicted molar refractivity (Wildman–Crippen MR) is 132 cm³/mol. The second kappa shape index (κ2) is 12.1. The number of carbonyl (C=O) groups is 1. The Morgan fingerprint density at radius 3 is 2.61 bits per heavy atom. The largest absolute Gasteiger partial charge is 0.469 e. The van der Waals surface area contributed by atoms with E-state index in [0.717, 1.165) is 36.2 Å². The summed E-state index contributed by atoms with van der Waals surface area (Å²) < 4.78 is 59.3. The number of ether oxygens (including phenoxy) is 3. The lowest BCUT2D eigenvalue weighted by molar-refractivity contribution is -0.148. The van der Waals surface area contributed by atoms with Crippen molar-refractivity contribution in [2.24, 2.45) is 5.92 Å². The van der Waals surface area contributed by atoms with E-state index in [4.69, 9.17) is 14.2 Å². The van der Waals surface area contributed by atoms with Gasteiger partial charge in [0.2, 0.25) is 0 Å². The molecule has 3 rings (SSSR count). The van der Waals surface area contributed by atoms with E-state index in [-0.39, 0.29) is 43.1 Å². The van der Waals surface area contributed by atoms with Crippen LogP contribution in [0.3, 0.4) is 0 Å². The van der Waals surface area contributed by atoms with Crippen LogP contribution in [0.5, 0.6) is 0 Å². The van der Waals surface area contributed by atoms with Crippen molar-refractivity contribution in [3.63, 3.8) is 0 Å². The fourth-order valence-electron chi connectivity index (χ4n) is 4.84. The molecule has 2 fully saturated rings. The molecule has 0 spiro atoms. The normalized spacial score (nSPS) is 23.2. The maximum absolute atomic E-state index is 14.1. The van der Waals surface area contributed by atoms with E-state index >= 15 is 0 Å². The smallest absolute Gasteiger partial charge is 0.423 e. The molecule has 0 bridgehead atoms. The third kappa shape index (κ3) is 7.55. The van der Waals surface area contributed by atoms with Crippen LogP contribution in [0.4, 0.5) is 18.9 Å². The molecule has 1 saturated heterocycles. The molecule has 0 amide bonds. The lowest BCUT2D eigenvalue weighted by Crippen LogP contribution is -2.40. The maximum Gasteiger partial charge on any atom is 0.423 e. The summed E-state index contributed by atoms with van der Waals surface area (Å²) in [6.07, 6.45) is 0.397. The molecule has 2 unspecified atom stereocenters. The topological polar surface area (TPSA) is 82.9 Å². The predicted octanol–water partition coefficient (Wildman–Crippen LogP) is 4.29. The molecular weight excluding hydrogens is 495 g/mol. The maximum atomic E-state index is 14.1. The number of nitrogens with zero attached hydrogens (tertiary/aromatic N) is 3. The van der Waals surface area contributed by atoms with Crippen LogP contribution >= 0.6 is 0 Å². The summed E-state index contributed by atoms with van der Waals surface area (Å²) in [6, 6.07) is 0.526. The third-order valence-electron chi connectivity index (χ3n) is 6.89. The van der Waals surface area contributed by atoms with Crippen molar-refractivity contribution in [1.82, 2.24) is 9.78 Å². The first kappa shape index (κ1) is 28.6. The van der Waals surface area contributed by atoms with Gasteiger partial charge in [0.15, 0.2) is 0 Å². The van der Waals surface area contributed by atoms with E-state index in [1.807, 2.05) is 0 Å². The van der Waals surface area contributed by atoms with Crippen LogP contribution in [0.15, 0.2) is 11.0 Å². The van der Waals surface area contributed by atoms with Crippen molar-refractivity contribution in [3.05, 3.63) is 22.1 Å². The van der Waals surface area contributed by atoms with Gasteiger partial charge in [-0.1, -0.05) is 26.1 Å². The zero-order valence-electron chi connectivity index (χ0n) is 21.6. The first-order valence-electron chi connectivity index (χ1n) is 12.6. The van der Waals surface area contributed by atoms with Gasteiger partial charge < -0.3 is 19.1 Å². The van der Waals surface area contributed by atoms with Crippen LogP contribution in [0.2, 0.25) is 25.7 Å². The van der Waals surface area contributed by atoms with Gasteiger partial charge in [-0.05, 0) is 38.1 Å². The molecule has 3 atom stereocenters. The van der Waals surface area contributed by atoms with Gasteiger partial charge in [-0.15, -0.1) is 0 Å². The van der Waals surface area contributed by atoms with Crippen LogP contribution in [0.25, 0.3) is 0 Å². The standard InChI is InChI=1S/C24H38F3N3O5Si/c1-33-23(32)17-7-5-9-19(13-17)35-15-18-8-6-10-29(18)20-14-28-30(16-34-11-12-36(2,3)4)22(31)21(20)24(25,26)27/h14,17-19H,5-13,15-16H2,1-4H3/t17?,18-,19?/m0/s1. The Bertz CT molecular complexity index is 950. The van der Waals surface area contributed by atoms with Crippen LogP contribution in [-0.4, -0.2) is 62.8 Å². The van der Waals surface area contributed by atoms with Gasteiger partial charge in [0.25, 0.3) is 5.56 Å². The second-order valence-electron chi connectivity index (χ2n) is 10.9. The number of halogens is 3. The molecule has 2 heterocycles. The molecule has 204 valence electrons. The molecule has 1 saturated carbocycles. The van der Waals surface area contributed by atoms with Gasteiger partial charge in [0.05, 0.1) is 43.7 Å². The highest BCUT2D eigenvalue weighted by molar-refractivity contribution is 6.76. The SMILES string of the molecule is COC(=O)C1CCCC(OC[C@@H]2CCCN2c2cnn(COCC[Si](C)(C)C)c(=O)c2C(F)(F)F)C1. The number of anilines is 1. The lowest BCUT2D eigenvalue weighted by Gasteiger charge is -2.32. The highest BCUT2D eigenvalue weighted by Gasteiger charge is 2.41. The summed E-state index contributed by atoms with van der Waals surface area (Å²) in [5, 5.41) is 4.01. The average molecular weight is 534 g/mol. The van der Waals surface area contributed by atoms with E-state index in [0.29, 0.717) is 32.4 Å². The summed E-state index contributed by atoms with van der Waals surface area (Å²) >= 11 is 0. The molecule has 12 heteroatoms. The molecule has 36 heavy (non-hydrogen) atoms. The lowest BCUT2D eigenvalue weighted by atomic mass is 9.87. The van der Waals surface area contributed by atoms with Crippen LogP contribution in [0.1, 0.15) is 44.1 Å². The van der Waals surface area contributed by atoms with Gasteiger partial charge in [-0.25, -0.2) is 4.68 Å². The Hall–Kier alpha value is -1.92. The van der Waals surface area contributed by atoms with Gasteiger partial charge >= 0.3 is 12.1 Å². The van der Waals surface area contributed by atoms with Crippen molar-refractivity contribution in [3.8, 4) is 0 Å². The average Bonchev–Trinajstić information content (AvgIpc) is 3.27. The summed E-state index contributed by atoms with van der Waals surface area (Å²) in [6.45, 7) is 7.15. The van der Waals surface area contributed by atoms with E-state index in [1.54, 1.807) is 4.90 Å². The molecule has 1 aliphatic heterocycles. The van der Waals surface area contributed by atoms with E-state index in [2.05, 4.69) is 24.7 Å². The first-order valence-corrected chi connectivity index (χ1v) is 16.3. The molecule has 1 aliphatic carbocycles. The van der Waals surface area contributed by atoms with Crippen molar-refractivity contribution in [2.45, 2.75) is 89.3 Å². The Balaban J connectivity index is 1.71. The second-order valence-corrected chi connectivity index (χ2v) is 16.5. The van der Waals surface area contributed by atoms with Gasteiger partial charge in [-0.2, -0.15) is 18.3 Å². The van der Waals surface area contributed by atoms with Gasteiger partial charge in [0, 0.05) is 21.2 Å². The minimum atomic E-state index is -4.83. The Kier molecular flexibility index (Phi) is 9.61. The van der Waals surface area contributed by atoms with Crippen molar-refractivity contribution in [1.29, 1.82) is 0 Å². The monoisotopic (exact) mass is 533 g/mol. The highest BCUT2D eigenvalue weighted by atomic mass is 28.3. The number of esters is 1. The summed E-state index contributed by atoms with van der Waals surface area (Å²) in [7, 11) is -0.00684. The number of hydrogen-bond acceptors (Lipinski definition) is 7. The Morgan fingerprint density at radius 1 is 1.19 bits per heavy atom. The summed E-state index contributed by atoms with van der Waals surface area (Å²) in [5.74, 6) is -0.466. The van der Waals surface area contributed by atoms with E-state index in [9.17, 15) is 22.8 Å². The van der Waals surface area contributed by atoms with E-state index < -0.39 is 25.4 Å². The van der Waals surface area contributed by atoms with Crippen LogP contribution in [0, 0.1) is 5.92 Å². The van der Waals surface area contributed by atoms with Crippen LogP contribution < -0.4 is 10.5 Å². The Labute approximate surface area is 211 Å². The summed E-state index contributed by atoms with van der Waals surface area (Å²) in [5.41, 5.74) is -2.64. The zero-order valence-corrected chi connectivity index (χ0v) is 22.6. The van der Waals surface area contributed by atoms with E-state index in [1.165, 1.54) is 7.11 Å². The number of rotatable bonds is 10. The van der Waals surface area contributed by atoms with Gasteiger partial charge in [-0.3, -0.25) is 9.59 Å². The summed E-state index contributed by atoms with van der Waals surface area (Å²) in [4.78, 5) is 26.3. The number of alkyl halides is 3. The van der Waals surface area contributed by atoms with Crippen LogP contribution in [-0.2, 0) is 31.9 Å². The highest BCUT2D eigenvalue weighted by Crippen LogP contribution is 2.37. The van der Waals surface area contributed by atoms with Crippen molar-refractivity contribution in [2.75, 3.05) is 31.8 Å². The molecule has 0 aromatic carbocycles. The quantitative estimate of drug-likeness (QED) is 0.252. The third-order valence-corrected chi connectivity index (χ3v) is 8.59. The molecule has 0 N–H and O–H groups in total. The molecule has 2 aliphatic rings.